The Bertz CT molecular complexity index is 832. The second kappa shape index (κ2) is 6.73. The maximum atomic E-state index is 12.2. The zero-order valence-corrected chi connectivity index (χ0v) is 13.3. The Labute approximate surface area is 135 Å². The highest BCUT2D eigenvalue weighted by Crippen LogP contribution is 2.27. The van der Waals surface area contributed by atoms with Crippen molar-refractivity contribution in [3.05, 3.63) is 50.7 Å². The molecule has 0 aliphatic rings. The average Bonchev–Trinajstić information content (AvgIpc) is 3.06. The van der Waals surface area contributed by atoms with E-state index >= 15 is 0 Å². The predicted molar refractivity (Wildman–Crippen MR) is 81.8 cm³/mol. The number of rotatable bonds is 6. The van der Waals surface area contributed by atoms with Crippen molar-refractivity contribution in [2.24, 2.45) is 0 Å². The standard InChI is InChI=1S/C12H11N3O6S2/c1-21-9-5-4-8(15(17)18)7-11(9)23(19,20)14-13-12(16)10-3-2-6-22-10/h2-7,14H,1H3,(H,13,16). The molecule has 2 rings (SSSR count). The number of nitrogens with one attached hydrogen (secondary N) is 2. The van der Waals surface area contributed by atoms with Crippen molar-refractivity contribution in [2.45, 2.75) is 4.90 Å². The van der Waals surface area contributed by atoms with E-state index in [0.717, 1.165) is 29.5 Å². The molecule has 23 heavy (non-hydrogen) atoms. The van der Waals surface area contributed by atoms with Crippen LogP contribution >= 0.6 is 11.3 Å². The molecule has 0 spiro atoms. The van der Waals surface area contributed by atoms with Crippen LogP contribution in [0.1, 0.15) is 9.67 Å². The summed E-state index contributed by atoms with van der Waals surface area (Å²) in [6.07, 6.45) is 0. The van der Waals surface area contributed by atoms with Crippen LogP contribution in [0.5, 0.6) is 5.75 Å². The summed E-state index contributed by atoms with van der Waals surface area (Å²) in [6.45, 7) is 0. The number of nitrogens with zero attached hydrogens (tertiary/aromatic N) is 1. The van der Waals surface area contributed by atoms with Gasteiger partial charge in [-0.3, -0.25) is 20.3 Å². The second-order valence-electron chi connectivity index (χ2n) is 4.13. The summed E-state index contributed by atoms with van der Waals surface area (Å²) in [5.74, 6) is -0.735. The van der Waals surface area contributed by atoms with E-state index in [2.05, 4.69) is 0 Å². The highest BCUT2D eigenvalue weighted by Gasteiger charge is 2.24. The van der Waals surface area contributed by atoms with Gasteiger partial charge in [-0.15, -0.1) is 16.2 Å². The van der Waals surface area contributed by atoms with Crippen LogP contribution in [0.3, 0.4) is 0 Å². The van der Waals surface area contributed by atoms with E-state index < -0.39 is 31.4 Å². The fourth-order valence-electron chi connectivity index (χ4n) is 1.63. The van der Waals surface area contributed by atoms with E-state index in [1.54, 1.807) is 11.4 Å². The van der Waals surface area contributed by atoms with Crippen molar-refractivity contribution >= 4 is 33.0 Å². The summed E-state index contributed by atoms with van der Waals surface area (Å²) in [7, 11) is -3.03. The van der Waals surface area contributed by atoms with Gasteiger partial charge in [-0.2, -0.15) is 0 Å². The molecule has 0 bridgehead atoms. The Morgan fingerprint density at radius 1 is 1.35 bits per heavy atom. The number of nitro groups is 1. The molecule has 2 N–H and O–H groups in total. The van der Waals surface area contributed by atoms with Crippen LogP contribution in [-0.4, -0.2) is 26.4 Å². The maximum Gasteiger partial charge on any atom is 0.276 e. The molecular formula is C12H11N3O6S2. The zero-order valence-electron chi connectivity index (χ0n) is 11.7. The van der Waals surface area contributed by atoms with Gasteiger partial charge in [0.2, 0.25) is 0 Å². The Balaban J connectivity index is 2.26. The predicted octanol–water partition coefficient (Wildman–Crippen LogP) is 1.29. The molecule has 11 heteroatoms. The fourth-order valence-corrected chi connectivity index (χ4v) is 3.27. The van der Waals surface area contributed by atoms with Gasteiger partial charge >= 0.3 is 0 Å². The quantitative estimate of drug-likeness (QED) is 0.592. The normalized spacial score (nSPS) is 11.0. The van der Waals surface area contributed by atoms with Gasteiger partial charge in [0.05, 0.1) is 16.9 Å². The molecule has 0 saturated heterocycles. The summed E-state index contributed by atoms with van der Waals surface area (Å²) in [6, 6.07) is 6.27. The van der Waals surface area contributed by atoms with E-state index in [0.29, 0.717) is 4.88 Å². The third kappa shape index (κ3) is 3.83. The topological polar surface area (TPSA) is 128 Å². The van der Waals surface area contributed by atoms with E-state index in [1.165, 1.54) is 13.2 Å². The number of sulfonamides is 1. The molecule has 9 nitrogen and oxygen atoms in total. The number of carbonyl (C=O) groups excluding carboxylic acids is 1. The number of methoxy groups -OCH3 is 1. The van der Waals surface area contributed by atoms with Gasteiger partial charge in [0.25, 0.3) is 21.6 Å². The number of non-ortho nitro benzene ring substituents is 1. The number of benzene rings is 1. The molecule has 0 saturated carbocycles. The van der Waals surface area contributed by atoms with Gasteiger partial charge in [-0.05, 0) is 17.5 Å². The Hall–Kier alpha value is -2.50. The van der Waals surface area contributed by atoms with Crippen molar-refractivity contribution < 1.29 is 22.9 Å². The third-order valence-electron chi connectivity index (χ3n) is 2.69. The number of ether oxygens (including phenoxy) is 1. The summed E-state index contributed by atoms with van der Waals surface area (Å²) < 4.78 is 29.4. The van der Waals surface area contributed by atoms with Crippen molar-refractivity contribution in [2.75, 3.05) is 7.11 Å². The Morgan fingerprint density at radius 3 is 2.65 bits per heavy atom. The first-order chi connectivity index (χ1) is 10.8. The summed E-state index contributed by atoms with van der Waals surface area (Å²) in [4.78, 5) is 23.5. The molecule has 0 aliphatic heterocycles. The van der Waals surface area contributed by atoms with Gasteiger partial charge < -0.3 is 4.74 Å². The smallest absolute Gasteiger partial charge is 0.276 e. The number of carbonyl (C=O) groups is 1. The monoisotopic (exact) mass is 357 g/mol. The van der Waals surface area contributed by atoms with Gasteiger partial charge in [-0.1, -0.05) is 6.07 Å². The molecule has 0 unspecified atom stereocenters. The van der Waals surface area contributed by atoms with Crippen LogP contribution in [-0.2, 0) is 10.0 Å². The first kappa shape index (κ1) is 16.9. The van der Waals surface area contributed by atoms with Gasteiger partial charge in [0.1, 0.15) is 10.6 Å². The number of amides is 1. The lowest BCUT2D eigenvalue weighted by Gasteiger charge is -2.11. The highest BCUT2D eigenvalue weighted by molar-refractivity contribution is 7.89. The Kier molecular flexibility index (Phi) is 4.93. The number of hydrogen-bond acceptors (Lipinski definition) is 7. The van der Waals surface area contributed by atoms with Crippen LogP contribution in [0.15, 0.2) is 40.6 Å². The van der Waals surface area contributed by atoms with E-state index in [-0.39, 0.29) is 5.75 Å². The molecule has 0 aliphatic carbocycles. The lowest BCUT2D eigenvalue weighted by molar-refractivity contribution is -0.385. The average molecular weight is 357 g/mol. The third-order valence-corrected chi connectivity index (χ3v) is 4.83. The van der Waals surface area contributed by atoms with Crippen LogP contribution < -0.4 is 15.0 Å². The van der Waals surface area contributed by atoms with Gasteiger partial charge in [0, 0.05) is 12.1 Å². The van der Waals surface area contributed by atoms with Crippen LogP contribution in [0.25, 0.3) is 0 Å². The van der Waals surface area contributed by atoms with Crippen molar-refractivity contribution in [3.63, 3.8) is 0 Å². The first-order valence-electron chi connectivity index (χ1n) is 6.03. The molecule has 122 valence electrons. The van der Waals surface area contributed by atoms with Crippen LogP contribution in [0, 0.1) is 10.1 Å². The van der Waals surface area contributed by atoms with Crippen molar-refractivity contribution in [1.29, 1.82) is 0 Å². The second-order valence-corrected chi connectivity index (χ2v) is 6.73. The van der Waals surface area contributed by atoms with Crippen LogP contribution in [0.4, 0.5) is 5.69 Å². The molecule has 1 heterocycles. The minimum atomic E-state index is -4.25. The van der Waals surface area contributed by atoms with E-state index in [9.17, 15) is 23.3 Å². The minimum absolute atomic E-state index is 0.0894. The number of hydrogen-bond donors (Lipinski definition) is 2. The molecule has 1 aromatic carbocycles. The minimum Gasteiger partial charge on any atom is -0.495 e. The number of hydrazine groups is 1. The summed E-state index contributed by atoms with van der Waals surface area (Å²) in [5.41, 5.74) is 1.61. The van der Waals surface area contributed by atoms with Crippen LogP contribution in [0.2, 0.25) is 0 Å². The Morgan fingerprint density at radius 2 is 2.09 bits per heavy atom. The lowest BCUT2D eigenvalue weighted by Crippen LogP contribution is -2.41. The number of nitro benzene ring substituents is 1. The molecule has 0 fully saturated rings. The molecule has 0 radical (unpaired) electrons. The van der Waals surface area contributed by atoms with E-state index in [4.69, 9.17) is 4.74 Å². The lowest BCUT2D eigenvalue weighted by atomic mass is 10.3. The SMILES string of the molecule is COc1ccc([N+](=O)[O-])cc1S(=O)(=O)NNC(=O)c1cccs1. The van der Waals surface area contributed by atoms with Crippen molar-refractivity contribution in [1.82, 2.24) is 10.3 Å². The summed E-state index contributed by atoms with van der Waals surface area (Å²) >= 11 is 1.13. The summed E-state index contributed by atoms with van der Waals surface area (Å²) in [5, 5.41) is 12.4. The highest BCUT2D eigenvalue weighted by atomic mass is 32.2. The van der Waals surface area contributed by atoms with Gasteiger partial charge in [0.15, 0.2) is 0 Å². The zero-order chi connectivity index (χ0) is 17.0. The molecule has 1 aromatic heterocycles. The first-order valence-corrected chi connectivity index (χ1v) is 8.39. The fraction of sp³-hybridized carbons (Fsp3) is 0.0833. The molecule has 0 atom stereocenters. The maximum absolute atomic E-state index is 12.2. The molecule has 1 amide bonds. The van der Waals surface area contributed by atoms with Gasteiger partial charge in [-0.25, -0.2) is 8.42 Å². The molecule has 2 aromatic rings. The van der Waals surface area contributed by atoms with E-state index in [1.807, 2.05) is 10.3 Å². The largest absolute Gasteiger partial charge is 0.495 e. The number of thiophene rings is 1. The molecular weight excluding hydrogens is 346 g/mol. The van der Waals surface area contributed by atoms with Crippen molar-refractivity contribution in [3.8, 4) is 5.75 Å².